The van der Waals surface area contributed by atoms with Crippen LogP contribution in [-0.2, 0) is 4.79 Å². The third-order valence-electron chi connectivity index (χ3n) is 2.61. The summed E-state index contributed by atoms with van der Waals surface area (Å²) in [6.45, 7) is 0. The molecule has 1 aromatic carbocycles. The molecule has 0 saturated carbocycles. The maximum atomic E-state index is 12.0. The Morgan fingerprint density at radius 1 is 1.37 bits per heavy atom. The van der Waals surface area contributed by atoms with E-state index in [0.29, 0.717) is 5.75 Å². The van der Waals surface area contributed by atoms with Crippen molar-refractivity contribution in [3.05, 3.63) is 29.8 Å². The number of nitrogens with two attached hydrogens (primary N) is 1. The first-order valence-electron chi connectivity index (χ1n) is 5.38. The molecule has 0 bridgehead atoms. The van der Waals surface area contributed by atoms with Crippen LogP contribution in [0.2, 0.25) is 0 Å². The Morgan fingerprint density at radius 3 is 2.47 bits per heavy atom. The lowest BCUT2D eigenvalue weighted by Gasteiger charge is -2.12. The fraction of sp³-hybridized carbons (Fsp3) is 0.364. The van der Waals surface area contributed by atoms with Gasteiger partial charge in [0.1, 0.15) is 17.8 Å². The molecular formula is C11H10F3NO3S. The smallest absolute Gasteiger partial charge is 0.544 e. The molecule has 2 atom stereocenters. The molecule has 1 aliphatic rings. The van der Waals surface area contributed by atoms with Crippen LogP contribution in [0.5, 0.6) is 5.75 Å². The molecule has 2 rings (SSSR count). The van der Waals surface area contributed by atoms with Crippen LogP contribution < -0.4 is 15.2 Å². The molecular weight excluding hydrogens is 283 g/mol. The summed E-state index contributed by atoms with van der Waals surface area (Å²) < 4.78 is 39.7. The van der Waals surface area contributed by atoms with Crippen LogP contribution in [-0.4, -0.2) is 24.1 Å². The number of hydrogen-bond donors (Lipinski definition) is 1. The van der Waals surface area contributed by atoms with Crippen molar-refractivity contribution in [1.82, 2.24) is 0 Å². The van der Waals surface area contributed by atoms with E-state index in [0.717, 1.165) is 5.56 Å². The van der Waals surface area contributed by atoms with Crippen LogP contribution in [0.4, 0.5) is 13.2 Å². The van der Waals surface area contributed by atoms with Gasteiger partial charge in [-0.1, -0.05) is 11.8 Å². The predicted molar refractivity (Wildman–Crippen MR) is 59.0 cm³/mol. The summed E-state index contributed by atoms with van der Waals surface area (Å²) in [4.78, 5) is 10.7. The van der Waals surface area contributed by atoms with Gasteiger partial charge >= 0.3 is 6.36 Å². The zero-order chi connectivity index (χ0) is 14.0. The van der Waals surface area contributed by atoms with Gasteiger partial charge < -0.3 is 20.0 Å². The van der Waals surface area contributed by atoms with E-state index in [-0.39, 0.29) is 11.1 Å². The number of quaternary nitrogens is 1. The normalized spacial score (nSPS) is 23.3. The number of carbonyl (C=O) groups is 1. The third-order valence-corrected chi connectivity index (χ3v) is 3.95. The highest BCUT2D eigenvalue weighted by Crippen LogP contribution is 2.29. The Hall–Kier alpha value is -1.41. The fourth-order valence-electron chi connectivity index (χ4n) is 1.74. The van der Waals surface area contributed by atoms with Crippen molar-refractivity contribution >= 4 is 17.7 Å². The zero-order valence-electron chi connectivity index (χ0n) is 9.52. The van der Waals surface area contributed by atoms with Gasteiger partial charge in [-0.2, -0.15) is 0 Å². The first-order chi connectivity index (χ1) is 8.85. The third kappa shape index (κ3) is 3.77. The molecule has 1 fully saturated rings. The SMILES string of the molecule is O=C([O-])[C@@H]1CS[C@H](c2ccc(OC(F)(F)F)cc2)[NH2+]1. The molecule has 0 unspecified atom stereocenters. The van der Waals surface area contributed by atoms with E-state index in [1.54, 1.807) is 5.32 Å². The van der Waals surface area contributed by atoms with E-state index < -0.39 is 18.4 Å². The lowest BCUT2D eigenvalue weighted by Crippen LogP contribution is -2.90. The van der Waals surface area contributed by atoms with Crippen LogP contribution in [0.1, 0.15) is 10.9 Å². The van der Waals surface area contributed by atoms with Crippen LogP contribution in [0.3, 0.4) is 0 Å². The summed E-state index contributed by atoms with van der Waals surface area (Å²) in [6, 6.07) is 4.79. The molecule has 0 spiro atoms. The molecule has 1 aromatic rings. The van der Waals surface area contributed by atoms with Gasteiger partial charge in [-0.3, -0.25) is 0 Å². The molecule has 4 nitrogen and oxygen atoms in total. The van der Waals surface area contributed by atoms with Gasteiger partial charge in [0, 0.05) is 5.56 Å². The zero-order valence-corrected chi connectivity index (χ0v) is 10.3. The van der Waals surface area contributed by atoms with Gasteiger partial charge in [0.15, 0.2) is 5.37 Å². The molecule has 19 heavy (non-hydrogen) atoms. The van der Waals surface area contributed by atoms with Crippen LogP contribution in [0, 0.1) is 0 Å². The van der Waals surface area contributed by atoms with Crippen molar-refractivity contribution in [2.24, 2.45) is 0 Å². The monoisotopic (exact) mass is 293 g/mol. The Balaban J connectivity index is 2.01. The van der Waals surface area contributed by atoms with Crippen LogP contribution >= 0.6 is 11.8 Å². The second-order valence-electron chi connectivity index (χ2n) is 3.99. The summed E-state index contributed by atoms with van der Waals surface area (Å²) in [5.41, 5.74) is 0.739. The van der Waals surface area contributed by atoms with E-state index in [2.05, 4.69) is 4.74 Å². The van der Waals surface area contributed by atoms with Gasteiger partial charge in [-0.05, 0) is 24.3 Å². The maximum Gasteiger partial charge on any atom is 0.573 e. The second kappa shape index (κ2) is 5.30. The van der Waals surface area contributed by atoms with Crippen molar-refractivity contribution in [3.8, 4) is 5.75 Å². The molecule has 0 aliphatic carbocycles. The number of ether oxygens (including phenoxy) is 1. The van der Waals surface area contributed by atoms with Crippen molar-refractivity contribution in [3.63, 3.8) is 0 Å². The number of benzene rings is 1. The quantitative estimate of drug-likeness (QED) is 0.853. The minimum absolute atomic E-state index is 0.150. The molecule has 0 radical (unpaired) electrons. The summed E-state index contributed by atoms with van der Waals surface area (Å²) in [7, 11) is 0. The molecule has 0 amide bonds. The predicted octanol–water partition coefficient (Wildman–Crippen LogP) is 0.0125. The highest BCUT2D eigenvalue weighted by molar-refractivity contribution is 7.99. The average Bonchev–Trinajstić information content (AvgIpc) is 2.77. The van der Waals surface area contributed by atoms with Crippen LogP contribution in [0.25, 0.3) is 0 Å². The van der Waals surface area contributed by atoms with Crippen molar-refractivity contribution in [2.75, 3.05) is 5.75 Å². The topological polar surface area (TPSA) is 66.0 Å². The van der Waals surface area contributed by atoms with E-state index in [9.17, 15) is 23.1 Å². The molecule has 1 saturated heterocycles. The average molecular weight is 293 g/mol. The van der Waals surface area contributed by atoms with Crippen molar-refractivity contribution in [2.45, 2.75) is 17.8 Å². The first-order valence-corrected chi connectivity index (χ1v) is 6.43. The van der Waals surface area contributed by atoms with E-state index in [4.69, 9.17) is 0 Å². The summed E-state index contributed by atoms with van der Waals surface area (Å²) in [6.07, 6.45) is -4.71. The number of aliphatic carboxylic acids is 1. The minimum Gasteiger partial charge on any atom is -0.544 e. The number of hydrogen-bond acceptors (Lipinski definition) is 4. The van der Waals surface area contributed by atoms with E-state index in [1.165, 1.54) is 36.0 Å². The molecule has 0 aromatic heterocycles. The summed E-state index contributed by atoms with van der Waals surface area (Å²) >= 11 is 1.41. The highest BCUT2D eigenvalue weighted by Gasteiger charge is 2.32. The minimum atomic E-state index is -4.71. The lowest BCUT2D eigenvalue weighted by molar-refractivity contribution is -0.690. The molecule has 1 heterocycles. The van der Waals surface area contributed by atoms with Gasteiger partial charge in [-0.25, -0.2) is 0 Å². The first kappa shape index (κ1) is 14.0. The highest BCUT2D eigenvalue weighted by atomic mass is 32.2. The Morgan fingerprint density at radius 2 is 2.00 bits per heavy atom. The van der Waals surface area contributed by atoms with Gasteiger partial charge in [-0.15, -0.1) is 13.2 Å². The molecule has 2 N–H and O–H groups in total. The number of halogens is 3. The Bertz CT molecular complexity index is 463. The van der Waals surface area contributed by atoms with Crippen molar-refractivity contribution < 1.29 is 33.1 Å². The van der Waals surface area contributed by atoms with E-state index in [1.807, 2.05) is 0 Å². The largest absolute Gasteiger partial charge is 0.573 e. The van der Waals surface area contributed by atoms with Crippen LogP contribution in [0.15, 0.2) is 24.3 Å². The maximum absolute atomic E-state index is 12.0. The fourth-order valence-corrected chi connectivity index (χ4v) is 3.05. The summed E-state index contributed by atoms with van der Waals surface area (Å²) in [5.74, 6) is -1.02. The molecule has 8 heteroatoms. The number of thioether (sulfide) groups is 1. The second-order valence-corrected chi connectivity index (χ2v) is 5.16. The van der Waals surface area contributed by atoms with Gasteiger partial charge in [0.05, 0.1) is 5.75 Å². The van der Waals surface area contributed by atoms with E-state index >= 15 is 0 Å². The van der Waals surface area contributed by atoms with Crippen molar-refractivity contribution in [1.29, 1.82) is 0 Å². The molecule has 104 valence electrons. The van der Waals surface area contributed by atoms with Gasteiger partial charge in [0.25, 0.3) is 0 Å². The Kier molecular flexibility index (Phi) is 3.91. The van der Waals surface area contributed by atoms with Gasteiger partial charge in [0.2, 0.25) is 0 Å². The lowest BCUT2D eigenvalue weighted by atomic mass is 10.2. The standard InChI is InChI=1S/C11H10F3NO3S/c12-11(13,14)18-7-3-1-6(2-4-7)9-15-8(5-19-9)10(16)17/h1-4,8-9,15H,5H2,(H,16,17)/t8-,9+/m0/s1. The number of carboxylic acids is 1. The number of carbonyl (C=O) groups excluding carboxylic acids is 1. The number of carboxylic acid groups (broad SMARTS) is 1. The molecule has 1 aliphatic heterocycles. The Labute approximate surface area is 110 Å². The number of alkyl halides is 3. The summed E-state index contributed by atoms with van der Waals surface area (Å²) in [5, 5.41) is 12.2. The number of rotatable bonds is 3.